The third kappa shape index (κ3) is 4.59. The fourth-order valence-electron chi connectivity index (χ4n) is 1.68. The van der Waals surface area contributed by atoms with Crippen LogP contribution in [-0.4, -0.2) is 39.0 Å². The molecule has 0 aliphatic carbocycles. The van der Waals surface area contributed by atoms with E-state index in [1.165, 1.54) is 12.5 Å². The molecule has 1 rings (SSSR count). The summed E-state index contributed by atoms with van der Waals surface area (Å²) in [7, 11) is 0. The molecule has 3 N–H and O–H groups in total. The molecular formula is C13H20N4O4. The van der Waals surface area contributed by atoms with Crippen LogP contribution in [0.25, 0.3) is 0 Å². The first-order valence-corrected chi connectivity index (χ1v) is 6.61. The lowest BCUT2D eigenvalue weighted by atomic mass is 10.1. The van der Waals surface area contributed by atoms with Gasteiger partial charge in [-0.3, -0.25) is 4.79 Å². The molecule has 8 heteroatoms. The van der Waals surface area contributed by atoms with Crippen LogP contribution in [0.2, 0.25) is 0 Å². The van der Waals surface area contributed by atoms with Crippen LogP contribution in [0.4, 0.5) is 10.6 Å². The van der Waals surface area contributed by atoms with Crippen molar-refractivity contribution in [3.05, 3.63) is 12.5 Å². The number of anilines is 1. The standard InChI is InChI=1S/C13H20N4O4/c1-4-5-9(15-12(20)21)11(19)16-10-6-17(8-14-10)13(2,3)7-18/h6-9,15H,4-5H2,1-3H3,(H,16,19)(H,20,21). The van der Waals surface area contributed by atoms with Crippen molar-refractivity contribution in [2.24, 2.45) is 0 Å². The Morgan fingerprint density at radius 1 is 1.52 bits per heavy atom. The second kappa shape index (κ2) is 6.87. The highest BCUT2D eigenvalue weighted by Gasteiger charge is 2.22. The van der Waals surface area contributed by atoms with Crippen molar-refractivity contribution >= 4 is 24.1 Å². The van der Waals surface area contributed by atoms with Crippen LogP contribution >= 0.6 is 0 Å². The molecule has 0 saturated heterocycles. The van der Waals surface area contributed by atoms with Crippen molar-refractivity contribution in [2.45, 2.75) is 45.2 Å². The molecule has 1 heterocycles. The predicted octanol–water partition coefficient (Wildman–Crippen LogP) is 1.19. The number of carbonyl (C=O) groups is 3. The fourth-order valence-corrected chi connectivity index (χ4v) is 1.68. The van der Waals surface area contributed by atoms with E-state index in [2.05, 4.69) is 15.6 Å². The first-order valence-electron chi connectivity index (χ1n) is 6.61. The highest BCUT2D eigenvalue weighted by Crippen LogP contribution is 2.15. The van der Waals surface area contributed by atoms with Crippen LogP contribution in [0.5, 0.6) is 0 Å². The third-order valence-corrected chi connectivity index (χ3v) is 2.98. The van der Waals surface area contributed by atoms with Crippen molar-refractivity contribution in [2.75, 3.05) is 5.32 Å². The number of hydrogen-bond donors (Lipinski definition) is 3. The SMILES string of the molecule is CCCC(NC(=O)O)C(=O)Nc1cn(C(C)(C)C=O)cn1. The van der Waals surface area contributed by atoms with Crippen LogP contribution in [0, 0.1) is 0 Å². The van der Waals surface area contributed by atoms with Crippen molar-refractivity contribution in [1.29, 1.82) is 0 Å². The topological polar surface area (TPSA) is 113 Å². The molecule has 0 saturated carbocycles. The van der Waals surface area contributed by atoms with E-state index in [0.29, 0.717) is 12.8 Å². The first kappa shape index (κ1) is 16.7. The van der Waals surface area contributed by atoms with Gasteiger partial charge < -0.3 is 25.1 Å². The van der Waals surface area contributed by atoms with Gasteiger partial charge in [-0.15, -0.1) is 0 Å². The predicted molar refractivity (Wildman–Crippen MR) is 76.1 cm³/mol. The molecular weight excluding hydrogens is 276 g/mol. The normalized spacial score (nSPS) is 12.5. The average molecular weight is 296 g/mol. The van der Waals surface area contributed by atoms with E-state index in [1.807, 2.05) is 6.92 Å². The Balaban J connectivity index is 2.77. The summed E-state index contributed by atoms with van der Waals surface area (Å²) < 4.78 is 1.56. The summed E-state index contributed by atoms with van der Waals surface area (Å²) in [6, 6.07) is -0.836. The van der Waals surface area contributed by atoms with Gasteiger partial charge in [-0.2, -0.15) is 0 Å². The van der Waals surface area contributed by atoms with Gasteiger partial charge >= 0.3 is 6.09 Å². The van der Waals surface area contributed by atoms with Crippen LogP contribution < -0.4 is 10.6 Å². The van der Waals surface area contributed by atoms with Gasteiger partial charge in [0, 0.05) is 6.20 Å². The molecule has 0 radical (unpaired) electrons. The minimum Gasteiger partial charge on any atom is -0.465 e. The Bertz CT molecular complexity index is 524. The largest absolute Gasteiger partial charge is 0.465 e. The number of amides is 2. The van der Waals surface area contributed by atoms with Gasteiger partial charge in [-0.1, -0.05) is 13.3 Å². The van der Waals surface area contributed by atoms with E-state index in [-0.39, 0.29) is 5.82 Å². The summed E-state index contributed by atoms with van der Waals surface area (Å²) >= 11 is 0. The van der Waals surface area contributed by atoms with Gasteiger partial charge in [0.25, 0.3) is 0 Å². The summed E-state index contributed by atoms with van der Waals surface area (Å²) in [5.74, 6) is -0.211. The number of nitrogens with zero attached hydrogens (tertiary/aromatic N) is 2. The maximum Gasteiger partial charge on any atom is 0.405 e. The van der Waals surface area contributed by atoms with Gasteiger partial charge in [-0.25, -0.2) is 9.78 Å². The summed E-state index contributed by atoms with van der Waals surface area (Å²) in [6.07, 6.45) is 3.52. The van der Waals surface area contributed by atoms with Crippen LogP contribution in [0.1, 0.15) is 33.6 Å². The van der Waals surface area contributed by atoms with Crippen LogP contribution in [0.15, 0.2) is 12.5 Å². The van der Waals surface area contributed by atoms with Crippen molar-refractivity contribution in [3.63, 3.8) is 0 Å². The number of aromatic nitrogens is 2. The van der Waals surface area contributed by atoms with Crippen molar-refractivity contribution < 1.29 is 19.5 Å². The number of imidazole rings is 1. The Morgan fingerprint density at radius 2 is 2.19 bits per heavy atom. The molecule has 0 spiro atoms. The van der Waals surface area contributed by atoms with E-state index in [9.17, 15) is 14.4 Å². The van der Waals surface area contributed by atoms with E-state index >= 15 is 0 Å². The molecule has 0 aliphatic rings. The third-order valence-electron chi connectivity index (χ3n) is 2.98. The first-order chi connectivity index (χ1) is 9.80. The summed E-state index contributed by atoms with van der Waals surface area (Å²) in [5, 5.41) is 13.4. The van der Waals surface area contributed by atoms with Gasteiger partial charge in [-0.05, 0) is 20.3 Å². The zero-order valence-corrected chi connectivity index (χ0v) is 12.3. The molecule has 0 aromatic carbocycles. The Morgan fingerprint density at radius 3 is 2.71 bits per heavy atom. The lowest BCUT2D eigenvalue weighted by Crippen LogP contribution is -2.43. The molecule has 21 heavy (non-hydrogen) atoms. The molecule has 1 atom stereocenters. The second-order valence-corrected chi connectivity index (χ2v) is 5.22. The maximum absolute atomic E-state index is 12.0. The number of carbonyl (C=O) groups excluding carboxylic acids is 2. The van der Waals surface area contributed by atoms with Crippen molar-refractivity contribution in [1.82, 2.24) is 14.9 Å². The molecule has 1 aromatic rings. The van der Waals surface area contributed by atoms with E-state index in [1.54, 1.807) is 18.4 Å². The molecule has 0 aliphatic heterocycles. The lowest BCUT2D eigenvalue weighted by molar-refractivity contribution is -0.118. The monoisotopic (exact) mass is 296 g/mol. The lowest BCUT2D eigenvalue weighted by Gasteiger charge is -2.18. The maximum atomic E-state index is 12.0. The number of rotatable bonds is 7. The quantitative estimate of drug-likeness (QED) is 0.654. The zero-order valence-electron chi connectivity index (χ0n) is 12.3. The highest BCUT2D eigenvalue weighted by atomic mass is 16.4. The molecule has 2 amide bonds. The Labute approximate surface area is 122 Å². The molecule has 116 valence electrons. The average Bonchev–Trinajstić information content (AvgIpc) is 2.87. The van der Waals surface area contributed by atoms with Gasteiger partial charge in [0.2, 0.25) is 5.91 Å². The summed E-state index contributed by atoms with van der Waals surface area (Å²) in [6.45, 7) is 5.27. The molecule has 1 aromatic heterocycles. The Kier molecular flexibility index (Phi) is 5.45. The summed E-state index contributed by atoms with van der Waals surface area (Å²) in [4.78, 5) is 37.6. The molecule has 0 bridgehead atoms. The number of hydrogen-bond acceptors (Lipinski definition) is 4. The highest BCUT2D eigenvalue weighted by molar-refractivity contribution is 5.95. The van der Waals surface area contributed by atoms with Crippen LogP contribution in [0.3, 0.4) is 0 Å². The minimum atomic E-state index is -1.25. The second-order valence-electron chi connectivity index (χ2n) is 5.22. The van der Waals surface area contributed by atoms with E-state index in [0.717, 1.165) is 6.29 Å². The smallest absolute Gasteiger partial charge is 0.405 e. The number of nitrogens with one attached hydrogen (secondary N) is 2. The fraction of sp³-hybridized carbons (Fsp3) is 0.538. The van der Waals surface area contributed by atoms with Gasteiger partial charge in [0.05, 0.1) is 11.9 Å². The van der Waals surface area contributed by atoms with Crippen molar-refractivity contribution in [3.8, 4) is 0 Å². The minimum absolute atomic E-state index is 0.267. The molecule has 1 unspecified atom stereocenters. The zero-order chi connectivity index (χ0) is 16.0. The van der Waals surface area contributed by atoms with E-state index in [4.69, 9.17) is 5.11 Å². The molecule has 8 nitrogen and oxygen atoms in total. The number of aldehydes is 1. The number of carboxylic acid groups (broad SMARTS) is 1. The van der Waals surface area contributed by atoms with Crippen LogP contribution in [-0.2, 0) is 15.1 Å². The van der Waals surface area contributed by atoms with Gasteiger partial charge in [0.15, 0.2) is 5.82 Å². The molecule has 0 fully saturated rings. The van der Waals surface area contributed by atoms with Gasteiger partial charge in [0.1, 0.15) is 12.3 Å². The Hall–Kier alpha value is -2.38. The van der Waals surface area contributed by atoms with E-state index < -0.39 is 23.6 Å². The summed E-state index contributed by atoms with van der Waals surface area (Å²) in [5.41, 5.74) is -0.766.